The van der Waals surface area contributed by atoms with Crippen LogP contribution in [0.25, 0.3) is 0 Å². The molecular formula is C24H32N2O3. The van der Waals surface area contributed by atoms with Crippen molar-refractivity contribution in [3.63, 3.8) is 0 Å². The van der Waals surface area contributed by atoms with Crippen LogP contribution in [0, 0.1) is 13.8 Å². The van der Waals surface area contributed by atoms with Crippen molar-refractivity contribution in [1.82, 2.24) is 10.2 Å². The quantitative estimate of drug-likeness (QED) is 0.697. The summed E-state index contributed by atoms with van der Waals surface area (Å²) >= 11 is 0. The number of aryl methyl sites for hydroxylation is 2. The van der Waals surface area contributed by atoms with Crippen LogP contribution >= 0.6 is 0 Å². The lowest BCUT2D eigenvalue weighted by Gasteiger charge is -2.29. The van der Waals surface area contributed by atoms with E-state index in [4.69, 9.17) is 4.74 Å². The molecule has 0 aliphatic rings. The average molecular weight is 397 g/mol. The van der Waals surface area contributed by atoms with Gasteiger partial charge in [0.05, 0.1) is 0 Å². The molecule has 0 aliphatic carbocycles. The first-order valence-corrected chi connectivity index (χ1v) is 10.1. The fraction of sp³-hybridized carbons (Fsp3) is 0.417. The van der Waals surface area contributed by atoms with Gasteiger partial charge >= 0.3 is 0 Å². The summed E-state index contributed by atoms with van der Waals surface area (Å²) in [6.45, 7) is 9.96. The van der Waals surface area contributed by atoms with Gasteiger partial charge in [0, 0.05) is 12.6 Å². The maximum absolute atomic E-state index is 13.0. The number of benzene rings is 2. The number of rotatable bonds is 9. The van der Waals surface area contributed by atoms with Crippen LogP contribution in [-0.2, 0) is 16.1 Å². The van der Waals surface area contributed by atoms with Crippen LogP contribution in [-0.4, -0.2) is 35.4 Å². The molecule has 2 rings (SSSR count). The van der Waals surface area contributed by atoms with E-state index in [1.54, 1.807) is 11.8 Å². The molecule has 2 atom stereocenters. The van der Waals surface area contributed by atoms with E-state index in [1.807, 2.05) is 76.2 Å². The molecular weight excluding hydrogens is 364 g/mol. The lowest BCUT2D eigenvalue weighted by atomic mass is 10.1. The third kappa shape index (κ3) is 6.93. The Kier molecular flexibility index (Phi) is 8.25. The predicted octanol–water partition coefficient (Wildman–Crippen LogP) is 4.01. The molecule has 1 N–H and O–H groups in total. The molecule has 0 aliphatic heterocycles. The Bertz CT molecular complexity index is 817. The summed E-state index contributed by atoms with van der Waals surface area (Å²) in [6, 6.07) is 15.0. The molecule has 0 bridgehead atoms. The van der Waals surface area contributed by atoms with Gasteiger partial charge in [-0.15, -0.1) is 0 Å². The number of amides is 2. The van der Waals surface area contributed by atoms with Crippen LogP contribution < -0.4 is 10.1 Å². The highest BCUT2D eigenvalue weighted by atomic mass is 16.5. The second kappa shape index (κ2) is 10.6. The summed E-state index contributed by atoms with van der Waals surface area (Å²) < 4.78 is 5.70. The standard InChI is InChI=1S/C24H32N2O3/c1-6-19(4)25-24(28)20(5)26(15-21-12-10-17(2)11-13-21)23(27)16-29-22-9-7-8-18(3)14-22/h7-14,19-20H,6,15-16H2,1-5H3,(H,25,28)/t19-,20-/m1/s1. The number of nitrogens with one attached hydrogen (secondary N) is 1. The Labute approximate surface area is 174 Å². The van der Waals surface area contributed by atoms with Gasteiger partial charge in [0.2, 0.25) is 5.91 Å². The molecule has 0 aromatic heterocycles. The fourth-order valence-corrected chi connectivity index (χ4v) is 2.87. The first kappa shape index (κ1) is 22.5. The van der Waals surface area contributed by atoms with Gasteiger partial charge in [0.25, 0.3) is 5.91 Å². The molecule has 0 saturated carbocycles. The summed E-state index contributed by atoms with van der Waals surface area (Å²) in [5.74, 6) is 0.264. The third-order valence-electron chi connectivity index (χ3n) is 4.99. The zero-order valence-electron chi connectivity index (χ0n) is 18.1. The van der Waals surface area contributed by atoms with Crippen molar-refractivity contribution in [2.75, 3.05) is 6.61 Å². The van der Waals surface area contributed by atoms with Crippen LogP contribution in [0.5, 0.6) is 5.75 Å². The van der Waals surface area contributed by atoms with Gasteiger partial charge in [0.1, 0.15) is 11.8 Å². The predicted molar refractivity (Wildman–Crippen MR) is 116 cm³/mol. The number of hydrogen-bond donors (Lipinski definition) is 1. The van der Waals surface area contributed by atoms with Crippen molar-refractivity contribution in [2.24, 2.45) is 0 Å². The Hall–Kier alpha value is -2.82. The lowest BCUT2D eigenvalue weighted by molar-refractivity contribution is -0.142. The smallest absolute Gasteiger partial charge is 0.261 e. The highest BCUT2D eigenvalue weighted by Crippen LogP contribution is 2.15. The third-order valence-corrected chi connectivity index (χ3v) is 4.99. The molecule has 5 nitrogen and oxygen atoms in total. The highest BCUT2D eigenvalue weighted by molar-refractivity contribution is 5.88. The molecule has 29 heavy (non-hydrogen) atoms. The van der Waals surface area contributed by atoms with Crippen LogP contribution in [0.4, 0.5) is 0 Å². The first-order valence-electron chi connectivity index (χ1n) is 10.1. The molecule has 0 spiro atoms. The van der Waals surface area contributed by atoms with Gasteiger partial charge in [-0.3, -0.25) is 9.59 Å². The molecule has 0 unspecified atom stereocenters. The van der Waals surface area contributed by atoms with Crippen molar-refractivity contribution in [2.45, 2.75) is 59.7 Å². The van der Waals surface area contributed by atoms with Crippen LogP contribution in [0.2, 0.25) is 0 Å². The van der Waals surface area contributed by atoms with Crippen molar-refractivity contribution in [1.29, 1.82) is 0 Å². The van der Waals surface area contributed by atoms with E-state index in [9.17, 15) is 9.59 Å². The zero-order chi connectivity index (χ0) is 21.4. The van der Waals surface area contributed by atoms with Gasteiger partial charge in [-0.25, -0.2) is 0 Å². The number of hydrogen-bond acceptors (Lipinski definition) is 3. The molecule has 0 fully saturated rings. The molecule has 0 saturated heterocycles. The number of ether oxygens (including phenoxy) is 1. The maximum atomic E-state index is 13.0. The van der Waals surface area contributed by atoms with Crippen LogP contribution in [0.15, 0.2) is 48.5 Å². The highest BCUT2D eigenvalue weighted by Gasteiger charge is 2.27. The number of carbonyl (C=O) groups is 2. The normalized spacial score (nSPS) is 12.7. The van der Waals surface area contributed by atoms with Crippen molar-refractivity contribution < 1.29 is 14.3 Å². The first-order chi connectivity index (χ1) is 13.8. The molecule has 2 amide bonds. The Morgan fingerprint density at radius 3 is 2.34 bits per heavy atom. The van der Waals surface area contributed by atoms with Crippen molar-refractivity contribution in [3.8, 4) is 5.75 Å². The number of nitrogens with zero attached hydrogens (tertiary/aromatic N) is 1. The molecule has 0 radical (unpaired) electrons. The molecule has 5 heteroatoms. The van der Waals surface area contributed by atoms with Crippen molar-refractivity contribution >= 4 is 11.8 Å². The molecule has 2 aromatic rings. The second-order valence-electron chi connectivity index (χ2n) is 7.61. The van der Waals surface area contributed by atoms with E-state index >= 15 is 0 Å². The fourth-order valence-electron chi connectivity index (χ4n) is 2.87. The topological polar surface area (TPSA) is 58.6 Å². The zero-order valence-corrected chi connectivity index (χ0v) is 18.1. The van der Waals surface area contributed by atoms with E-state index in [-0.39, 0.29) is 24.5 Å². The summed E-state index contributed by atoms with van der Waals surface area (Å²) in [5.41, 5.74) is 3.19. The Balaban J connectivity index is 2.14. The van der Waals surface area contributed by atoms with Crippen LogP contribution in [0.3, 0.4) is 0 Å². The largest absolute Gasteiger partial charge is 0.484 e. The monoisotopic (exact) mass is 396 g/mol. The van der Waals surface area contributed by atoms with Crippen LogP contribution in [0.1, 0.15) is 43.9 Å². The van der Waals surface area contributed by atoms with E-state index in [2.05, 4.69) is 5.32 Å². The van der Waals surface area contributed by atoms with Gasteiger partial charge in [-0.2, -0.15) is 0 Å². The Morgan fingerprint density at radius 1 is 1.03 bits per heavy atom. The maximum Gasteiger partial charge on any atom is 0.261 e. The number of carbonyl (C=O) groups excluding carboxylic acids is 2. The minimum absolute atomic E-state index is 0.0600. The minimum atomic E-state index is -0.598. The lowest BCUT2D eigenvalue weighted by Crippen LogP contribution is -2.50. The van der Waals surface area contributed by atoms with E-state index < -0.39 is 6.04 Å². The van der Waals surface area contributed by atoms with Gasteiger partial charge < -0.3 is 15.0 Å². The average Bonchev–Trinajstić information content (AvgIpc) is 2.71. The Morgan fingerprint density at radius 2 is 1.72 bits per heavy atom. The minimum Gasteiger partial charge on any atom is -0.484 e. The summed E-state index contributed by atoms with van der Waals surface area (Å²) in [4.78, 5) is 27.3. The summed E-state index contributed by atoms with van der Waals surface area (Å²) in [7, 11) is 0. The molecule has 2 aromatic carbocycles. The summed E-state index contributed by atoms with van der Waals surface area (Å²) in [6.07, 6.45) is 0.834. The summed E-state index contributed by atoms with van der Waals surface area (Å²) in [5, 5.41) is 2.97. The van der Waals surface area contributed by atoms with E-state index in [0.29, 0.717) is 12.3 Å². The second-order valence-corrected chi connectivity index (χ2v) is 7.61. The van der Waals surface area contributed by atoms with Gasteiger partial charge in [0.15, 0.2) is 6.61 Å². The van der Waals surface area contributed by atoms with Gasteiger partial charge in [-0.1, -0.05) is 48.9 Å². The van der Waals surface area contributed by atoms with E-state index in [1.165, 1.54) is 0 Å². The van der Waals surface area contributed by atoms with Gasteiger partial charge in [-0.05, 0) is 57.4 Å². The SMILES string of the molecule is CC[C@@H](C)NC(=O)[C@@H](C)N(Cc1ccc(C)cc1)C(=O)COc1cccc(C)c1. The van der Waals surface area contributed by atoms with E-state index in [0.717, 1.165) is 23.1 Å². The van der Waals surface area contributed by atoms with Crippen molar-refractivity contribution in [3.05, 3.63) is 65.2 Å². The molecule has 0 heterocycles. The molecule has 156 valence electrons.